The summed E-state index contributed by atoms with van der Waals surface area (Å²) in [7, 11) is 2.11. The van der Waals surface area contributed by atoms with E-state index in [1.165, 1.54) is 0 Å². The van der Waals surface area contributed by atoms with Gasteiger partial charge in [0, 0.05) is 12.5 Å². The van der Waals surface area contributed by atoms with Crippen LogP contribution >= 0.6 is 11.6 Å². The topological polar surface area (TPSA) is 42.4 Å². The van der Waals surface area contributed by atoms with Gasteiger partial charge in [-0.3, -0.25) is 0 Å². The van der Waals surface area contributed by atoms with Crippen molar-refractivity contribution in [2.45, 2.75) is 18.9 Å². The monoisotopic (exact) mass is 214 g/mol. The fourth-order valence-electron chi connectivity index (χ4n) is 1.96. The van der Waals surface area contributed by atoms with Crippen molar-refractivity contribution in [3.8, 4) is 0 Å². The molecule has 0 radical (unpaired) electrons. The number of nitrogens with zero attached hydrogens (tertiary/aromatic N) is 1. The molecule has 1 aromatic heterocycles. The Morgan fingerprint density at radius 3 is 3.00 bits per heavy atom. The Morgan fingerprint density at radius 1 is 1.71 bits per heavy atom. The van der Waals surface area contributed by atoms with Gasteiger partial charge in [0.2, 0.25) is 0 Å². The molecule has 1 unspecified atom stereocenters. The lowest BCUT2D eigenvalue weighted by molar-refractivity contribution is 0.390. The molecule has 0 aromatic carbocycles. The lowest BCUT2D eigenvalue weighted by atomic mass is 10.1. The minimum atomic E-state index is 0.419. The summed E-state index contributed by atoms with van der Waals surface area (Å²) in [6.07, 6.45) is 1.12. The van der Waals surface area contributed by atoms with Gasteiger partial charge in [0.15, 0.2) is 0 Å². The second kappa shape index (κ2) is 3.93. The summed E-state index contributed by atoms with van der Waals surface area (Å²) in [6.45, 7) is 2.55. The molecule has 1 atom stereocenters. The summed E-state index contributed by atoms with van der Waals surface area (Å²) < 4.78 is 5.61. The molecule has 4 heteroatoms. The van der Waals surface area contributed by atoms with Gasteiger partial charge in [-0.2, -0.15) is 0 Å². The van der Waals surface area contributed by atoms with Crippen molar-refractivity contribution in [3.63, 3.8) is 0 Å². The molecular weight excluding hydrogens is 200 g/mol. The zero-order chi connectivity index (χ0) is 10.1. The summed E-state index contributed by atoms with van der Waals surface area (Å²) in [5.74, 6) is 2.13. The van der Waals surface area contributed by atoms with E-state index in [2.05, 4.69) is 11.9 Å². The van der Waals surface area contributed by atoms with E-state index in [1.54, 1.807) is 0 Å². The molecule has 0 spiro atoms. The molecule has 0 saturated carbocycles. The van der Waals surface area contributed by atoms with Gasteiger partial charge in [-0.1, -0.05) is 11.6 Å². The van der Waals surface area contributed by atoms with Crippen LogP contribution < -0.4 is 5.73 Å². The van der Waals surface area contributed by atoms with E-state index >= 15 is 0 Å². The van der Waals surface area contributed by atoms with Crippen molar-refractivity contribution in [2.75, 3.05) is 20.1 Å². The Bertz CT molecular complexity index is 324. The highest BCUT2D eigenvalue weighted by molar-refractivity contribution is 6.31. The van der Waals surface area contributed by atoms with Gasteiger partial charge >= 0.3 is 0 Å². The highest BCUT2D eigenvalue weighted by atomic mass is 35.5. The lowest BCUT2D eigenvalue weighted by Crippen LogP contribution is -2.13. The molecule has 2 N–H and O–H groups in total. The van der Waals surface area contributed by atoms with Crippen LogP contribution in [0.3, 0.4) is 0 Å². The van der Waals surface area contributed by atoms with Crippen LogP contribution in [0.2, 0.25) is 5.02 Å². The van der Waals surface area contributed by atoms with Crippen LogP contribution in [0.4, 0.5) is 0 Å². The van der Waals surface area contributed by atoms with E-state index < -0.39 is 0 Å². The summed E-state index contributed by atoms with van der Waals surface area (Å²) >= 11 is 6.08. The SMILES string of the molecule is CN1CCC(c2oc(CN)cc2Cl)C1. The Hall–Kier alpha value is -0.510. The maximum Gasteiger partial charge on any atom is 0.127 e. The zero-order valence-electron chi connectivity index (χ0n) is 8.29. The van der Waals surface area contributed by atoms with E-state index in [9.17, 15) is 0 Å². The maximum absolute atomic E-state index is 6.08. The molecule has 78 valence electrons. The van der Waals surface area contributed by atoms with Crippen LogP contribution in [0.25, 0.3) is 0 Å². The number of hydrogen-bond acceptors (Lipinski definition) is 3. The average molecular weight is 215 g/mol. The van der Waals surface area contributed by atoms with E-state index in [1.807, 2.05) is 6.07 Å². The van der Waals surface area contributed by atoms with E-state index in [0.717, 1.165) is 36.1 Å². The molecule has 2 heterocycles. The highest BCUT2D eigenvalue weighted by Gasteiger charge is 2.26. The number of rotatable bonds is 2. The summed E-state index contributed by atoms with van der Waals surface area (Å²) in [5.41, 5.74) is 5.50. The quantitative estimate of drug-likeness (QED) is 0.817. The van der Waals surface area contributed by atoms with Crippen LogP contribution in [0.15, 0.2) is 10.5 Å². The molecule has 1 fully saturated rings. The summed E-state index contributed by atoms with van der Waals surface area (Å²) in [5, 5.41) is 0.728. The normalized spacial score (nSPS) is 23.2. The minimum Gasteiger partial charge on any atom is -0.463 e. The van der Waals surface area contributed by atoms with Crippen molar-refractivity contribution >= 4 is 11.6 Å². The maximum atomic E-state index is 6.08. The highest BCUT2D eigenvalue weighted by Crippen LogP contribution is 2.33. The second-order valence-electron chi connectivity index (χ2n) is 3.88. The van der Waals surface area contributed by atoms with Gasteiger partial charge < -0.3 is 15.1 Å². The van der Waals surface area contributed by atoms with Gasteiger partial charge in [0.05, 0.1) is 11.6 Å². The second-order valence-corrected chi connectivity index (χ2v) is 4.28. The van der Waals surface area contributed by atoms with Crippen molar-refractivity contribution in [3.05, 3.63) is 22.6 Å². The Labute approximate surface area is 88.8 Å². The third kappa shape index (κ3) is 1.80. The van der Waals surface area contributed by atoms with Crippen LogP contribution in [-0.2, 0) is 6.54 Å². The molecule has 14 heavy (non-hydrogen) atoms. The third-order valence-corrected chi connectivity index (χ3v) is 3.02. The number of furan rings is 1. The first-order chi connectivity index (χ1) is 6.70. The smallest absolute Gasteiger partial charge is 0.127 e. The number of nitrogens with two attached hydrogens (primary N) is 1. The average Bonchev–Trinajstić information content (AvgIpc) is 2.71. The van der Waals surface area contributed by atoms with Gasteiger partial charge in [0.25, 0.3) is 0 Å². The standard InChI is InChI=1S/C10H15ClN2O/c1-13-3-2-7(6-13)10-9(11)4-8(5-12)14-10/h4,7H,2-3,5-6,12H2,1H3. The predicted octanol–water partition coefficient (Wildman–Crippen LogP) is 1.81. The molecule has 0 amide bonds. The minimum absolute atomic E-state index is 0.419. The number of halogens is 1. The first-order valence-corrected chi connectivity index (χ1v) is 5.25. The van der Waals surface area contributed by atoms with E-state index in [-0.39, 0.29) is 0 Å². The van der Waals surface area contributed by atoms with Crippen molar-refractivity contribution in [1.82, 2.24) is 4.90 Å². The van der Waals surface area contributed by atoms with E-state index in [0.29, 0.717) is 12.5 Å². The molecule has 1 aromatic rings. The number of hydrogen-bond donors (Lipinski definition) is 1. The lowest BCUT2D eigenvalue weighted by Gasteiger charge is -2.07. The van der Waals surface area contributed by atoms with Crippen molar-refractivity contribution in [2.24, 2.45) is 5.73 Å². The zero-order valence-corrected chi connectivity index (χ0v) is 9.05. The summed E-state index contributed by atoms with van der Waals surface area (Å²) in [6, 6.07) is 1.83. The van der Waals surface area contributed by atoms with Crippen molar-refractivity contribution in [1.29, 1.82) is 0 Å². The van der Waals surface area contributed by atoms with Gasteiger partial charge in [-0.25, -0.2) is 0 Å². The Kier molecular flexibility index (Phi) is 2.81. The van der Waals surface area contributed by atoms with Crippen LogP contribution in [0.5, 0.6) is 0 Å². The van der Waals surface area contributed by atoms with E-state index in [4.69, 9.17) is 21.8 Å². The molecule has 1 saturated heterocycles. The molecule has 0 bridgehead atoms. The molecule has 3 nitrogen and oxygen atoms in total. The van der Waals surface area contributed by atoms with Crippen LogP contribution in [-0.4, -0.2) is 25.0 Å². The molecule has 0 aliphatic carbocycles. The largest absolute Gasteiger partial charge is 0.463 e. The predicted molar refractivity (Wildman–Crippen MR) is 56.5 cm³/mol. The van der Waals surface area contributed by atoms with Gasteiger partial charge in [-0.05, 0) is 26.1 Å². The summed E-state index contributed by atoms with van der Waals surface area (Å²) in [4.78, 5) is 2.28. The van der Waals surface area contributed by atoms with Crippen LogP contribution in [0.1, 0.15) is 23.9 Å². The fraction of sp³-hybridized carbons (Fsp3) is 0.600. The molecule has 1 aliphatic heterocycles. The number of likely N-dealkylation sites (tertiary alicyclic amines) is 1. The molecular formula is C10H15ClN2O. The molecule has 2 rings (SSSR count). The first-order valence-electron chi connectivity index (χ1n) is 4.87. The number of likely N-dealkylation sites (N-methyl/N-ethyl adjacent to an activating group) is 1. The van der Waals surface area contributed by atoms with Crippen molar-refractivity contribution < 1.29 is 4.42 Å². The fourth-order valence-corrected chi connectivity index (χ4v) is 2.27. The Balaban J connectivity index is 2.19. The Morgan fingerprint density at radius 2 is 2.50 bits per heavy atom. The third-order valence-electron chi connectivity index (χ3n) is 2.73. The van der Waals surface area contributed by atoms with Crippen LogP contribution in [0, 0.1) is 0 Å². The molecule has 1 aliphatic rings. The van der Waals surface area contributed by atoms with Gasteiger partial charge in [0.1, 0.15) is 11.5 Å². The first kappa shape index (κ1) is 10.0. The van der Waals surface area contributed by atoms with Gasteiger partial charge in [-0.15, -0.1) is 0 Å².